The minimum absolute atomic E-state index is 0.114. The van der Waals surface area contributed by atoms with Crippen LogP contribution in [0.3, 0.4) is 0 Å². The van der Waals surface area contributed by atoms with Gasteiger partial charge in [-0.05, 0) is 30.7 Å². The Bertz CT molecular complexity index is 754. The number of likely N-dealkylation sites (tertiary alicyclic amines) is 1. The molecule has 0 spiro atoms. The van der Waals surface area contributed by atoms with Crippen LogP contribution in [0.25, 0.3) is 10.6 Å². The first kappa shape index (κ1) is 15.4. The number of amides is 1. The number of furan rings is 1. The molecule has 3 unspecified atom stereocenters. The molecule has 2 aromatic heterocycles. The number of nitrogens with zero attached hydrogens (tertiary/aromatic N) is 2. The number of rotatable bonds is 4. The van der Waals surface area contributed by atoms with E-state index in [1.165, 1.54) is 11.3 Å². The zero-order valence-electron chi connectivity index (χ0n) is 13.1. The van der Waals surface area contributed by atoms with Gasteiger partial charge in [0.05, 0.1) is 18.4 Å². The van der Waals surface area contributed by atoms with Gasteiger partial charge < -0.3 is 14.4 Å². The third-order valence-electron chi connectivity index (χ3n) is 5.12. The molecule has 0 bridgehead atoms. The van der Waals surface area contributed by atoms with Crippen LogP contribution >= 0.6 is 11.3 Å². The molecule has 2 aliphatic rings. The quantitative estimate of drug-likeness (QED) is 0.920. The highest BCUT2D eigenvalue weighted by Gasteiger charge is 2.49. The van der Waals surface area contributed by atoms with Gasteiger partial charge in [-0.1, -0.05) is 6.42 Å². The van der Waals surface area contributed by atoms with Crippen molar-refractivity contribution in [2.45, 2.75) is 31.7 Å². The maximum absolute atomic E-state index is 12.7. The molecule has 4 rings (SSSR count). The van der Waals surface area contributed by atoms with Crippen molar-refractivity contribution in [3.63, 3.8) is 0 Å². The van der Waals surface area contributed by atoms with E-state index in [1.54, 1.807) is 17.4 Å². The van der Waals surface area contributed by atoms with E-state index in [0.717, 1.165) is 29.8 Å². The van der Waals surface area contributed by atoms with Gasteiger partial charge in [0.2, 0.25) is 5.91 Å². The first-order valence-corrected chi connectivity index (χ1v) is 9.00. The van der Waals surface area contributed by atoms with Crippen LogP contribution in [0, 0.1) is 11.8 Å². The van der Waals surface area contributed by atoms with Crippen molar-refractivity contribution in [2.75, 3.05) is 6.54 Å². The van der Waals surface area contributed by atoms with Crippen molar-refractivity contribution in [2.24, 2.45) is 11.8 Å². The summed E-state index contributed by atoms with van der Waals surface area (Å²) in [6, 6.07) is 1.16. The van der Waals surface area contributed by atoms with Crippen LogP contribution < -0.4 is 0 Å². The number of hydrogen-bond acceptors (Lipinski definition) is 5. The lowest BCUT2D eigenvalue weighted by molar-refractivity contribution is -0.149. The van der Waals surface area contributed by atoms with Crippen molar-refractivity contribution >= 4 is 23.2 Å². The summed E-state index contributed by atoms with van der Waals surface area (Å²) in [5, 5.41) is 12.2. The van der Waals surface area contributed by atoms with Crippen LogP contribution in [0.1, 0.15) is 25.0 Å². The molecule has 1 amide bonds. The molecule has 2 fully saturated rings. The molecule has 1 saturated heterocycles. The van der Waals surface area contributed by atoms with Gasteiger partial charge in [0.15, 0.2) is 0 Å². The molecule has 3 heterocycles. The lowest BCUT2D eigenvalue weighted by Crippen LogP contribution is -2.44. The Labute approximate surface area is 143 Å². The Morgan fingerprint density at radius 2 is 2.29 bits per heavy atom. The Balaban J connectivity index is 1.49. The summed E-state index contributed by atoms with van der Waals surface area (Å²) in [5.41, 5.74) is 1.57. The molecular formula is C17H18N2O4S. The summed E-state index contributed by atoms with van der Waals surface area (Å²) < 4.78 is 5.05. The molecule has 6 nitrogen and oxygen atoms in total. The number of carbonyl (C=O) groups excluding carboxylic acids is 1. The van der Waals surface area contributed by atoms with Gasteiger partial charge in [-0.15, -0.1) is 11.3 Å². The second-order valence-corrected chi connectivity index (χ2v) is 7.37. The molecule has 1 saturated carbocycles. The van der Waals surface area contributed by atoms with Crippen molar-refractivity contribution < 1.29 is 19.1 Å². The van der Waals surface area contributed by atoms with Gasteiger partial charge in [0.25, 0.3) is 0 Å². The number of fused-ring (bicyclic) bond motifs is 1. The molecule has 1 aliphatic carbocycles. The van der Waals surface area contributed by atoms with Crippen LogP contribution in [0.15, 0.2) is 28.4 Å². The van der Waals surface area contributed by atoms with Gasteiger partial charge in [0, 0.05) is 17.5 Å². The third kappa shape index (κ3) is 2.62. The highest BCUT2D eigenvalue weighted by molar-refractivity contribution is 7.13. The maximum atomic E-state index is 12.7. The largest absolute Gasteiger partial charge is 0.480 e. The Morgan fingerprint density at radius 3 is 3.04 bits per heavy atom. The summed E-state index contributed by atoms with van der Waals surface area (Å²) in [6.45, 7) is 0.569. The predicted molar refractivity (Wildman–Crippen MR) is 87.5 cm³/mol. The third-order valence-corrected chi connectivity index (χ3v) is 6.06. The Hall–Kier alpha value is -2.15. The zero-order chi connectivity index (χ0) is 16.7. The second kappa shape index (κ2) is 6.05. The van der Waals surface area contributed by atoms with Gasteiger partial charge in [-0.2, -0.15) is 0 Å². The lowest BCUT2D eigenvalue weighted by atomic mass is 9.94. The van der Waals surface area contributed by atoms with E-state index in [9.17, 15) is 14.7 Å². The molecule has 0 radical (unpaired) electrons. The van der Waals surface area contributed by atoms with E-state index in [-0.39, 0.29) is 18.2 Å². The standard InChI is InChI=1S/C17H18N2O4S/c20-14(6-12-9-24-16(18-12)11-4-5-23-8-11)19-7-10-2-1-3-13(10)15(19)17(21)22/h4-5,8-10,13,15H,1-3,6-7H2,(H,21,22). The van der Waals surface area contributed by atoms with E-state index >= 15 is 0 Å². The first-order chi connectivity index (χ1) is 11.6. The first-order valence-electron chi connectivity index (χ1n) is 8.12. The SMILES string of the molecule is O=C(O)C1C2CCCC2CN1C(=O)Cc1csc(-c2ccoc2)n1. The number of carbonyl (C=O) groups is 2. The highest BCUT2D eigenvalue weighted by atomic mass is 32.1. The summed E-state index contributed by atoms with van der Waals surface area (Å²) in [6.07, 6.45) is 6.36. The Morgan fingerprint density at radius 1 is 1.42 bits per heavy atom. The average molecular weight is 346 g/mol. The Kier molecular flexibility index (Phi) is 3.88. The molecule has 1 N–H and O–H groups in total. The topological polar surface area (TPSA) is 83.6 Å². The predicted octanol–water partition coefficient (Wildman–Crippen LogP) is 2.66. The summed E-state index contributed by atoms with van der Waals surface area (Å²) in [4.78, 5) is 30.4. The average Bonchev–Trinajstić information content (AvgIpc) is 3.30. The number of carboxylic acid groups (broad SMARTS) is 1. The monoisotopic (exact) mass is 346 g/mol. The fourth-order valence-electron chi connectivity index (χ4n) is 4.04. The minimum atomic E-state index is -0.880. The van der Waals surface area contributed by atoms with E-state index in [2.05, 4.69) is 4.98 Å². The number of thiazole rings is 1. The van der Waals surface area contributed by atoms with Crippen LogP contribution in [0.4, 0.5) is 0 Å². The van der Waals surface area contributed by atoms with Crippen LogP contribution in [0.5, 0.6) is 0 Å². The molecule has 2 aromatic rings. The summed E-state index contributed by atoms with van der Waals surface area (Å²) >= 11 is 1.46. The fourth-order valence-corrected chi connectivity index (χ4v) is 4.85. The van der Waals surface area contributed by atoms with Gasteiger partial charge in [-0.3, -0.25) is 4.79 Å². The molecule has 24 heavy (non-hydrogen) atoms. The van der Waals surface area contributed by atoms with E-state index < -0.39 is 12.0 Å². The van der Waals surface area contributed by atoms with Crippen molar-refractivity contribution in [3.8, 4) is 10.6 Å². The summed E-state index contributed by atoms with van der Waals surface area (Å²) in [5.74, 6) is -0.564. The normalized spacial score (nSPS) is 25.8. The molecular weight excluding hydrogens is 328 g/mol. The second-order valence-electron chi connectivity index (χ2n) is 6.52. The molecule has 3 atom stereocenters. The highest BCUT2D eigenvalue weighted by Crippen LogP contribution is 2.42. The van der Waals surface area contributed by atoms with Crippen molar-refractivity contribution in [3.05, 3.63) is 29.7 Å². The number of aromatic nitrogens is 1. The van der Waals surface area contributed by atoms with E-state index in [1.807, 2.05) is 11.4 Å². The lowest BCUT2D eigenvalue weighted by Gasteiger charge is -2.24. The van der Waals surface area contributed by atoms with Crippen LogP contribution in [-0.4, -0.2) is 39.5 Å². The van der Waals surface area contributed by atoms with Gasteiger partial charge in [-0.25, -0.2) is 9.78 Å². The zero-order valence-corrected chi connectivity index (χ0v) is 13.9. The maximum Gasteiger partial charge on any atom is 0.326 e. The smallest absolute Gasteiger partial charge is 0.326 e. The van der Waals surface area contributed by atoms with Crippen LogP contribution in [-0.2, 0) is 16.0 Å². The summed E-state index contributed by atoms with van der Waals surface area (Å²) in [7, 11) is 0. The minimum Gasteiger partial charge on any atom is -0.480 e. The molecule has 126 valence electrons. The van der Waals surface area contributed by atoms with E-state index in [4.69, 9.17) is 4.42 Å². The van der Waals surface area contributed by atoms with Crippen molar-refractivity contribution in [1.82, 2.24) is 9.88 Å². The number of hydrogen-bond donors (Lipinski definition) is 1. The number of carboxylic acids is 1. The molecule has 7 heteroatoms. The molecule has 0 aromatic carbocycles. The van der Waals surface area contributed by atoms with Gasteiger partial charge >= 0.3 is 5.97 Å². The van der Waals surface area contributed by atoms with E-state index in [0.29, 0.717) is 18.2 Å². The fraction of sp³-hybridized carbons (Fsp3) is 0.471. The molecule has 1 aliphatic heterocycles. The van der Waals surface area contributed by atoms with Crippen LogP contribution in [0.2, 0.25) is 0 Å². The number of aliphatic carboxylic acids is 1. The van der Waals surface area contributed by atoms with Gasteiger partial charge in [0.1, 0.15) is 17.3 Å². The van der Waals surface area contributed by atoms with Crippen molar-refractivity contribution in [1.29, 1.82) is 0 Å².